The summed E-state index contributed by atoms with van der Waals surface area (Å²) in [5, 5.41) is 13.8. The van der Waals surface area contributed by atoms with E-state index in [4.69, 9.17) is 14.2 Å². The van der Waals surface area contributed by atoms with Crippen LogP contribution < -0.4 is 14.8 Å². The Labute approximate surface area is 154 Å². The molecule has 0 aromatic heterocycles. The maximum absolute atomic E-state index is 12.3. The lowest BCUT2D eigenvalue weighted by Crippen LogP contribution is -2.22. The molecule has 140 valence electrons. The molecule has 0 aliphatic carbocycles. The summed E-state index contributed by atoms with van der Waals surface area (Å²) in [6.07, 6.45) is 0. The summed E-state index contributed by atoms with van der Waals surface area (Å²) in [6.45, 7) is 1.81. The predicted molar refractivity (Wildman–Crippen MR) is 94.2 cm³/mol. The van der Waals surface area contributed by atoms with Crippen LogP contribution in [-0.2, 0) is 9.53 Å². The van der Waals surface area contributed by atoms with Crippen LogP contribution in [0, 0.1) is 17.0 Å². The van der Waals surface area contributed by atoms with Gasteiger partial charge in [0.1, 0.15) is 18.8 Å². The van der Waals surface area contributed by atoms with Crippen LogP contribution in [0.3, 0.4) is 0 Å². The molecule has 0 spiro atoms. The summed E-state index contributed by atoms with van der Waals surface area (Å²) in [6, 6.07) is 9.39. The van der Waals surface area contributed by atoms with Gasteiger partial charge in [0.15, 0.2) is 18.1 Å². The van der Waals surface area contributed by atoms with Crippen molar-refractivity contribution in [3.63, 3.8) is 0 Å². The Hall–Kier alpha value is -3.62. The minimum Gasteiger partial charge on any atom is -0.486 e. The molecule has 0 fully saturated rings. The molecule has 2 aromatic carbocycles. The first-order valence-electron chi connectivity index (χ1n) is 8.06. The molecule has 2 aromatic rings. The lowest BCUT2D eigenvalue weighted by Gasteiger charge is -2.18. The molecular weight excluding hydrogens is 356 g/mol. The Balaban J connectivity index is 1.70. The SMILES string of the molecule is Cc1cccc(NC(=O)COC(=O)c2cc3c(cc2[N+](=O)[O-])OCCO3)c1. The van der Waals surface area contributed by atoms with Gasteiger partial charge in [0, 0.05) is 11.8 Å². The molecule has 0 saturated carbocycles. The second kappa shape index (κ2) is 7.73. The summed E-state index contributed by atoms with van der Waals surface area (Å²) in [4.78, 5) is 34.7. The summed E-state index contributed by atoms with van der Waals surface area (Å²) in [5.74, 6) is -1.17. The molecule has 1 heterocycles. The number of aryl methyl sites for hydroxylation is 1. The summed E-state index contributed by atoms with van der Waals surface area (Å²) >= 11 is 0. The third-order valence-corrected chi connectivity index (χ3v) is 3.71. The first kappa shape index (κ1) is 18.2. The van der Waals surface area contributed by atoms with E-state index in [2.05, 4.69) is 5.32 Å². The topological polar surface area (TPSA) is 117 Å². The van der Waals surface area contributed by atoms with E-state index >= 15 is 0 Å². The van der Waals surface area contributed by atoms with Gasteiger partial charge < -0.3 is 19.5 Å². The van der Waals surface area contributed by atoms with Gasteiger partial charge in [0.2, 0.25) is 0 Å². The van der Waals surface area contributed by atoms with E-state index < -0.39 is 29.1 Å². The standard InChI is InChI=1S/C18H16N2O7/c1-11-3-2-4-12(7-11)19-17(21)10-27-18(22)13-8-15-16(26-6-5-25-15)9-14(13)20(23)24/h2-4,7-9H,5-6,10H2,1H3,(H,19,21). The molecule has 3 rings (SSSR count). The smallest absolute Gasteiger partial charge is 0.345 e. The van der Waals surface area contributed by atoms with Gasteiger partial charge in [-0.05, 0) is 24.6 Å². The predicted octanol–water partition coefficient (Wildman–Crippen LogP) is 2.47. The number of anilines is 1. The molecule has 0 atom stereocenters. The number of hydrogen-bond donors (Lipinski definition) is 1. The third kappa shape index (κ3) is 4.32. The first-order chi connectivity index (χ1) is 12.9. The van der Waals surface area contributed by atoms with Crippen molar-refractivity contribution in [3.05, 3.63) is 57.6 Å². The zero-order valence-corrected chi connectivity index (χ0v) is 14.4. The van der Waals surface area contributed by atoms with Crippen LogP contribution >= 0.6 is 0 Å². The molecule has 1 aliphatic rings. The van der Waals surface area contributed by atoms with Gasteiger partial charge in [-0.3, -0.25) is 14.9 Å². The number of nitro groups is 1. The molecule has 0 radical (unpaired) electrons. The van der Waals surface area contributed by atoms with Gasteiger partial charge in [-0.15, -0.1) is 0 Å². The van der Waals surface area contributed by atoms with Gasteiger partial charge in [-0.25, -0.2) is 4.79 Å². The minimum atomic E-state index is -1.00. The van der Waals surface area contributed by atoms with E-state index in [-0.39, 0.29) is 30.3 Å². The van der Waals surface area contributed by atoms with E-state index in [1.54, 1.807) is 18.2 Å². The molecule has 0 unspecified atom stereocenters. The first-order valence-corrected chi connectivity index (χ1v) is 8.06. The number of hydrogen-bond acceptors (Lipinski definition) is 7. The molecule has 0 bridgehead atoms. The van der Waals surface area contributed by atoms with Crippen molar-refractivity contribution in [2.75, 3.05) is 25.1 Å². The second-order valence-electron chi connectivity index (χ2n) is 5.76. The Morgan fingerprint density at radius 2 is 1.89 bits per heavy atom. The number of ether oxygens (including phenoxy) is 3. The quantitative estimate of drug-likeness (QED) is 0.487. The number of nitrogens with zero attached hydrogens (tertiary/aromatic N) is 1. The lowest BCUT2D eigenvalue weighted by molar-refractivity contribution is -0.385. The van der Waals surface area contributed by atoms with Gasteiger partial charge in [0.05, 0.1) is 11.0 Å². The normalized spacial score (nSPS) is 12.2. The molecule has 1 amide bonds. The Morgan fingerprint density at radius 3 is 2.56 bits per heavy atom. The van der Waals surface area contributed by atoms with Crippen molar-refractivity contribution in [1.29, 1.82) is 0 Å². The van der Waals surface area contributed by atoms with E-state index in [0.29, 0.717) is 5.69 Å². The fourth-order valence-corrected chi connectivity index (χ4v) is 2.52. The number of benzene rings is 2. The van der Waals surface area contributed by atoms with Crippen LogP contribution in [0.15, 0.2) is 36.4 Å². The van der Waals surface area contributed by atoms with Crippen molar-refractivity contribution < 1.29 is 28.7 Å². The van der Waals surface area contributed by atoms with Crippen molar-refractivity contribution in [3.8, 4) is 11.5 Å². The van der Waals surface area contributed by atoms with Crippen LogP contribution in [0.25, 0.3) is 0 Å². The number of amides is 1. The molecule has 1 aliphatic heterocycles. The molecule has 9 heteroatoms. The third-order valence-electron chi connectivity index (χ3n) is 3.71. The van der Waals surface area contributed by atoms with Gasteiger partial charge in [-0.2, -0.15) is 0 Å². The van der Waals surface area contributed by atoms with Crippen LogP contribution in [0.2, 0.25) is 0 Å². The average Bonchev–Trinajstić information content (AvgIpc) is 2.65. The van der Waals surface area contributed by atoms with Crippen molar-refractivity contribution in [1.82, 2.24) is 0 Å². The highest BCUT2D eigenvalue weighted by Gasteiger charge is 2.27. The maximum Gasteiger partial charge on any atom is 0.345 e. The van der Waals surface area contributed by atoms with E-state index in [9.17, 15) is 19.7 Å². The highest BCUT2D eigenvalue weighted by molar-refractivity contribution is 5.98. The highest BCUT2D eigenvalue weighted by atomic mass is 16.6. The fourth-order valence-electron chi connectivity index (χ4n) is 2.52. The van der Waals surface area contributed by atoms with Gasteiger partial charge >= 0.3 is 5.97 Å². The van der Waals surface area contributed by atoms with Crippen LogP contribution in [-0.4, -0.2) is 36.6 Å². The Bertz CT molecular complexity index is 911. The Kier molecular flexibility index (Phi) is 5.20. The number of carbonyl (C=O) groups is 2. The fraction of sp³-hybridized carbons (Fsp3) is 0.222. The van der Waals surface area contributed by atoms with E-state index in [1.807, 2.05) is 13.0 Å². The summed E-state index contributed by atoms with van der Waals surface area (Å²) < 4.78 is 15.5. The summed E-state index contributed by atoms with van der Waals surface area (Å²) in [7, 11) is 0. The summed E-state index contributed by atoms with van der Waals surface area (Å²) in [5.41, 5.74) is 0.717. The number of nitro benzene ring substituents is 1. The van der Waals surface area contributed by atoms with Gasteiger partial charge in [-0.1, -0.05) is 12.1 Å². The number of nitrogens with one attached hydrogen (secondary N) is 1. The van der Waals surface area contributed by atoms with Crippen molar-refractivity contribution >= 4 is 23.3 Å². The van der Waals surface area contributed by atoms with Crippen molar-refractivity contribution in [2.45, 2.75) is 6.92 Å². The molecule has 1 N–H and O–H groups in total. The number of carbonyl (C=O) groups excluding carboxylic acids is 2. The zero-order chi connectivity index (χ0) is 19.4. The van der Waals surface area contributed by atoms with Crippen LogP contribution in [0.4, 0.5) is 11.4 Å². The zero-order valence-electron chi connectivity index (χ0n) is 14.4. The van der Waals surface area contributed by atoms with Crippen LogP contribution in [0.5, 0.6) is 11.5 Å². The molecule has 0 saturated heterocycles. The van der Waals surface area contributed by atoms with Crippen molar-refractivity contribution in [2.24, 2.45) is 0 Å². The molecule has 27 heavy (non-hydrogen) atoms. The average molecular weight is 372 g/mol. The number of fused-ring (bicyclic) bond motifs is 1. The Morgan fingerprint density at radius 1 is 1.19 bits per heavy atom. The molecular formula is C18H16N2O7. The number of rotatable bonds is 5. The molecule has 9 nitrogen and oxygen atoms in total. The maximum atomic E-state index is 12.3. The van der Waals surface area contributed by atoms with Crippen LogP contribution in [0.1, 0.15) is 15.9 Å². The minimum absolute atomic E-state index is 0.182. The monoisotopic (exact) mass is 372 g/mol. The lowest BCUT2D eigenvalue weighted by atomic mass is 10.1. The number of esters is 1. The largest absolute Gasteiger partial charge is 0.486 e. The van der Waals surface area contributed by atoms with E-state index in [1.165, 1.54) is 6.07 Å². The highest BCUT2D eigenvalue weighted by Crippen LogP contribution is 2.36. The van der Waals surface area contributed by atoms with Gasteiger partial charge in [0.25, 0.3) is 11.6 Å². The van der Waals surface area contributed by atoms with E-state index in [0.717, 1.165) is 11.6 Å². The second-order valence-corrected chi connectivity index (χ2v) is 5.76.